The van der Waals surface area contributed by atoms with Crippen LogP contribution < -0.4 is 15.1 Å². The molecule has 0 bridgehead atoms. The van der Waals surface area contributed by atoms with Crippen LogP contribution in [0.4, 0.5) is 11.4 Å². The number of fused-ring (bicyclic) bond motifs is 2. The number of thiazole rings is 1. The molecular weight excluding hydrogens is 693 g/mol. The molecule has 2 aliphatic heterocycles. The average molecular weight is 710 g/mol. The van der Waals surface area contributed by atoms with Crippen LogP contribution in [0, 0.1) is 5.92 Å². The molecule has 3 atom stereocenters. The highest BCUT2D eigenvalue weighted by Crippen LogP contribution is 2.55. The first kappa shape index (κ1) is 28.5. The Kier molecular flexibility index (Phi) is 7.82. The van der Waals surface area contributed by atoms with E-state index in [9.17, 15) is 19.2 Å². The van der Waals surface area contributed by atoms with Gasteiger partial charge in [0.15, 0.2) is 0 Å². The van der Waals surface area contributed by atoms with Crippen molar-refractivity contribution in [2.75, 3.05) is 10.2 Å². The van der Waals surface area contributed by atoms with Crippen LogP contribution in [0.15, 0.2) is 81.0 Å². The highest BCUT2D eigenvalue weighted by Gasteiger charge is 2.57. The second-order valence-corrected chi connectivity index (χ2v) is 13.6. The largest absolute Gasteiger partial charge is 0.325 e. The lowest BCUT2D eigenvalue weighted by atomic mass is 9.83. The van der Waals surface area contributed by atoms with Gasteiger partial charge in [0.25, 0.3) is 0 Å². The van der Waals surface area contributed by atoms with Gasteiger partial charge in [-0.05, 0) is 60.2 Å². The minimum Gasteiger partial charge on any atom is -0.325 e. The SMILES string of the molecule is O=C(Cn1c2c(sc1=O)[C@H](c1cccc(Cl)c1Cl)C1C(=O)N(c3ccc(Br)cc3)C(=O)C1S2)Nc1ccc(Cl)cc1. The minimum atomic E-state index is -0.849. The number of hydrogen-bond donors (Lipinski definition) is 1. The van der Waals surface area contributed by atoms with Crippen molar-refractivity contribution in [1.82, 2.24) is 4.57 Å². The first-order valence-electron chi connectivity index (χ1n) is 12.2. The fraction of sp³-hybridized carbons (Fsp3) is 0.143. The van der Waals surface area contributed by atoms with Gasteiger partial charge in [-0.25, -0.2) is 4.90 Å². The lowest BCUT2D eigenvalue weighted by molar-refractivity contribution is -0.122. The smallest absolute Gasteiger partial charge is 0.308 e. The van der Waals surface area contributed by atoms with Crippen LogP contribution in [-0.4, -0.2) is 27.5 Å². The summed E-state index contributed by atoms with van der Waals surface area (Å²) >= 11 is 24.4. The van der Waals surface area contributed by atoms with Crippen LogP contribution in [0.5, 0.6) is 0 Å². The second kappa shape index (κ2) is 11.2. The van der Waals surface area contributed by atoms with Gasteiger partial charge in [0.1, 0.15) is 11.8 Å². The quantitative estimate of drug-likeness (QED) is 0.224. The van der Waals surface area contributed by atoms with E-state index in [2.05, 4.69) is 21.2 Å². The van der Waals surface area contributed by atoms with Crippen LogP contribution in [0.3, 0.4) is 0 Å². The van der Waals surface area contributed by atoms with E-state index in [1.807, 2.05) is 0 Å². The van der Waals surface area contributed by atoms with E-state index in [4.69, 9.17) is 34.8 Å². The number of anilines is 2. The van der Waals surface area contributed by atoms with Gasteiger partial charge < -0.3 is 5.32 Å². The van der Waals surface area contributed by atoms with Crippen LogP contribution in [0.2, 0.25) is 15.1 Å². The predicted molar refractivity (Wildman–Crippen MR) is 167 cm³/mol. The Balaban J connectivity index is 1.43. The lowest BCUT2D eigenvalue weighted by Gasteiger charge is -2.31. The zero-order chi connectivity index (χ0) is 29.0. The van der Waals surface area contributed by atoms with Gasteiger partial charge in [-0.3, -0.25) is 23.7 Å². The summed E-state index contributed by atoms with van der Waals surface area (Å²) in [4.78, 5) is 55.4. The van der Waals surface area contributed by atoms with Crippen LogP contribution in [0.25, 0.3) is 0 Å². The normalized spacial score (nSPS) is 19.7. The van der Waals surface area contributed by atoms with Crippen molar-refractivity contribution in [3.05, 3.63) is 106 Å². The summed E-state index contributed by atoms with van der Waals surface area (Å²) in [6.45, 7) is -0.285. The third kappa shape index (κ3) is 5.15. The predicted octanol–water partition coefficient (Wildman–Crippen LogP) is 7.07. The Hall–Kier alpha value is -2.60. The maximum absolute atomic E-state index is 14.0. The van der Waals surface area contributed by atoms with Crippen molar-refractivity contribution in [2.45, 2.75) is 22.7 Å². The summed E-state index contributed by atoms with van der Waals surface area (Å²) < 4.78 is 2.15. The van der Waals surface area contributed by atoms with Crippen molar-refractivity contribution < 1.29 is 14.4 Å². The van der Waals surface area contributed by atoms with E-state index < -0.39 is 34.8 Å². The topological polar surface area (TPSA) is 88.5 Å². The maximum atomic E-state index is 14.0. The minimum absolute atomic E-state index is 0.242. The van der Waals surface area contributed by atoms with E-state index in [0.717, 1.165) is 27.6 Å². The number of imide groups is 1. The van der Waals surface area contributed by atoms with Gasteiger partial charge >= 0.3 is 4.87 Å². The molecule has 6 rings (SSSR count). The second-order valence-electron chi connectivity index (χ2n) is 9.35. The highest BCUT2D eigenvalue weighted by atomic mass is 79.9. The fourth-order valence-corrected chi connectivity index (χ4v) is 8.65. The third-order valence-electron chi connectivity index (χ3n) is 6.88. The number of aromatic nitrogens is 1. The summed E-state index contributed by atoms with van der Waals surface area (Å²) in [5.41, 5.74) is 1.50. The maximum Gasteiger partial charge on any atom is 0.308 e. The van der Waals surface area contributed by atoms with Gasteiger partial charge in [0.05, 0.1) is 26.7 Å². The number of halogens is 4. The Morgan fingerprint density at radius 3 is 2.34 bits per heavy atom. The molecule has 0 spiro atoms. The molecule has 1 saturated heterocycles. The molecule has 1 fully saturated rings. The molecule has 3 amide bonds. The Bertz CT molecular complexity index is 1780. The van der Waals surface area contributed by atoms with E-state index in [1.54, 1.807) is 66.7 Å². The van der Waals surface area contributed by atoms with Crippen molar-refractivity contribution in [1.29, 1.82) is 0 Å². The molecule has 0 saturated carbocycles. The van der Waals surface area contributed by atoms with Crippen LogP contribution in [-0.2, 0) is 20.9 Å². The van der Waals surface area contributed by atoms with Crippen molar-refractivity contribution in [2.24, 2.45) is 5.92 Å². The molecule has 1 aromatic heterocycles. The molecule has 41 heavy (non-hydrogen) atoms. The molecular formula is C28H17BrCl3N3O4S2. The molecule has 0 aliphatic carbocycles. The first-order valence-corrected chi connectivity index (χ1v) is 15.8. The highest BCUT2D eigenvalue weighted by molar-refractivity contribution is 9.10. The van der Waals surface area contributed by atoms with E-state index in [1.165, 1.54) is 9.47 Å². The Labute approximate surface area is 265 Å². The molecule has 4 aromatic rings. The third-order valence-corrected chi connectivity index (χ3v) is 11.1. The molecule has 2 aliphatic rings. The standard InChI is InChI=1S/C28H17BrCl3N3O4S2/c29-13-4-10-16(11-5-13)35-25(37)21-20(17-2-1-3-18(31)22(17)32)24-27(40-23(21)26(35)38)34(28(39)41-24)12-19(36)33-15-8-6-14(30)7-9-15/h1-11,20-21,23H,12H2,(H,33,36)/t20-,21?,23?/m1/s1. The number of hydrogen-bond acceptors (Lipinski definition) is 6. The molecule has 0 radical (unpaired) electrons. The van der Waals surface area contributed by atoms with Gasteiger partial charge in [-0.15, -0.1) is 0 Å². The molecule has 2 unspecified atom stereocenters. The molecule has 208 valence electrons. The summed E-state index contributed by atoms with van der Waals surface area (Å²) in [6, 6.07) is 18.6. The summed E-state index contributed by atoms with van der Waals surface area (Å²) in [7, 11) is 0. The summed E-state index contributed by atoms with van der Waals surface area (Å²) in [6.07, 6.45) is 0. The lowest BCUT2D eigenvalue weighted by Crippen LogP contribution is -2.33. The summed E-state index contributed by atoms with van der Waals surface area (Å²) in [5.74, 6) is -2.79. The van der Waals surface area contributed by atoms with Crippen LogP contribution >= 0.6 is 73.8 Å². The number of benzene rings is 3. The number of carbonyl (C=O) groups is 3. The fourth-order valence-electron chi connectivity index (χ4n) is 5.07. The number of thioether (sulfide) groups is 1. The zero-order valence-electron chi connectivity index (χ0n) is 20.6. The number of amides is 3. The average Bonchev–Trinajstić information content (AvgIpc) is 3.38. The van der Waals surface area contributed by atoms with Gasteiger partial charge in [0, 0.05) is 26.0 Å². The van der Waals surface area contributed by atoms with Gasteiger partial charge in [0.2, 0.25) is 17.7 Å². The zero-order valence-corrected chi connectivity index (χ0v) is 26.1. The molecule has 7 nitrogen and oxygen atoms in total. The van der Waals surface area contributed by atoms with Crippen molar-refractivity contribution in [3.63, 3.8) is 0 Å². The van der Waals surface area contributed by atoms with E-state index in [-0.39, 0.29) is 21.5 Å². The number of rotatable bonds is 5. The molecule has 1 N–H and O–H groups in total. The molecule has 13 heteroatoms. The Morgan fingerprint density at radius 1 is 0.927 bits per heavy atom. The molecule has 3 heterocycles. The van der Waals surface area contributed by atoms with E-state index in [0.29, 0.717) is 31.9 Å². The first-order chi connectivity index (χ1) is 19.6. The summed E-state index contributed by atoms with van der Waals surface area (Å²) in [5, 5.41) is 3.42. The van der Waals surface area contributed by atoms with Crippen LogP contribution in [0.1, 0.15) is 16.4 Å². The number of nitrogens with zero attached hydrogens (tertiary/aromatic N) is 2. The molecule has 3 aromatic carbocycles. The van der Waals surface area contributed by atoms with E-state index >= 15 is 0 Å². The monoisotopic (exact) mass is 707 g/mol. The van der Waals surface area contributed by atoms with Gasteiger partial charge in [-0.1, -0.05) is 86.0 Å². The Morgan fingerprint density at radius 2 is 1.63 bits per heavy atom. The number of nitrogens with one attached hydrogen (secondary N) is 1. The van der Waals surface area contributed by atoms with Crippen molar-refractivity contribution in [3.8, 4) is 0 Å². The van der Waals surface area contributed by atoms with Gasteiger partial charge in [-0.2, -0.15) is 0 Å². The van der Waals surface area contributed by atoms with Crippen molar-refractivity contribution >= 4 is 103 Å². The number of carbonyl (C=O) groups excluding carboxylic acids is 3.